The zero-order valence-corrected chi connectivity index (χ0v) is 17.9. The van der Waals surface area contributed by atoms with E-state index in [9.17, 15) is 9.59 Å². The molecule has 28 heavy (non-hydrogen) atoms. The van der Waals surface area contributed by atoms with Gasteiger partial charge in [-0.05, 0) is 34.6 Å². The van der Waals surface area contributed by atoms with Gasteiger partial charge in [0.25, 0.3) is 0 Å². The van der Waals surface area contributed by atoms with Gasteiger partial charge in [0, 0.05) is 0 Å². The van der Waals surface area contributed by atoms with E-state index in [1.807, 2.05) is 74.5 Å². The third kappa shape index (κ3) is 7.12. The van der Waals surface area contributed by atoms with E-state index in [0.29, 0.717) is 5.92 Å². The molecule has 2 aromatic carbocycles. The van der Waals surface area contributed by atoms with Crippen molar-refractivity contribution in [3.63, 3.8) is 0 Å². The minimum atomic E-state index is -0.731. The molecule has 0 bridgehead atoms. The topological polar surface area (TPSA) is 54.4 Å². The molecule has 3 nitrogen and oxygen atoms in total. The summed E-state index contributed by atoms with van der Waals surface area (Å²) >= 11 is 5.61. The van der Waals surface area contributed by atoms with E-state index in [1.165, 1.54) is 0 Å². The average molecular weight is 403 g/mol. The van der Waals surface area contributed by atoms with Crippen LogP contribution >= 0.6 is 11.6 Å². The van der Waals surface area contributed by atoms with Crippen molar-refractivity contribution in [2.45, 2.75) is 52.4 Å². The Kier molecular flexibility index (Phi) is 10.5. The van der Waals surface area contributed by atoms with Crippen LogP contribution in [0.25, 0.3) is 0 Å². The van der Waals surface area contributed by atoms with E-state index >= 15 is 0 Å². The van der Waals surface area contributed by atoms with Gasteiger partial charge in [-0.1, -0.05) is 101 Å². The first kappa shape index (κ1) is 23.9. The molecule has 0 heterocycles. The van der Waals surface area contributed by atoms with E-state index < -0.39 is 5.97 Å². The monoisotopic (exact) mass is 402 g/mol. The number of hydrogen-bond donors (Lipinski definition) is 1. The van der Waals surface area contributed by atoms with Gasteiger partial charge >= 0.3 is 5.97 Å². The number of carbonyl (C=O) groups excluding carboxylic acids is 1. The number of carboxylic acid groups (broad SMARTS) is 1. The van der Waals surface area contributed by atoms with Crippen LogP contribution in [-0.2, 0) is 9.59 Å². The first-order valence-corrected chi connectivity index (χ1v) is 10.2. The molecule has 0 aliphatic heterocycles. The fourth-order valence-corrected chi connectivity index (χ4v) is 3.53. The molecule has 2 rings (SSSR count). The molecule has 4 atom stereocenters. The van der Waals surface area contributed by atoms with Gasteiger partial charge in [0.15, 0.2) is 0 Å². The van der Waals surface area contributed by atoms with Crippen molar-refractivity contribution in [2.75, 3.05) is 0 Å². The van der Waals surface area contributed by atoms with Crippen molar-refractivity contribution >= 4 is 22.8 Å². The van der Waals surface area contributed by atoms with Gasteiger partial charge in [-0.2, -0.15) is 0 Å². The molecule has 0 amide bonds. The van der Waals surface area contributed by atoms with Crippen LogP contribution < -0.4 is 0 Å². The number of aliphatic carboxylic acids is 1. The maximum absolute atomic E-state index is 11.3. The lowest BCUT2D eigenvalue weighted by Gasteiger charge is -2.19. The predicted molar refractivity (Wildman–Crippen MR) is 116 cm³/mol. The molecular weight excluding hydrogens is 372 g/mol. The second-order valence-electron chi connectivity index (χ2n) is 7.19. The summed E-state index contributed by atoms with van der Waals surface area (Å²) in [7, 11) is 0. The van der Waals surface area contributed by atoms with Crippen molar-refractivity contribution < 1.29 is 14.7 Å². The van der Waals surface area contributed by atoms with Crippen LogP contribution in [0.5, 0.6) is 0 Å². The number of halogens is 1. The lowest BCUT2D eigenvalue weighted by molar-refractivity contribution is -0.140. The predicted octanol–water partition coefficient (Wildman–Crippen LogP) is 6.48. The minimum Gasteiger partial charge on any atom is -0.481 e. The molecule has 2 aromatic rings. The van der Waals surface area contributed by atoms with Crippen molar-refractivity contribution in [3.8, 4) is 0 Å². The molecule has 0 aliphatic carbocycles. The Hall–Kier alpha value is -2.13. The fraction of sp³-hybridized carbons (Fsp3) is 0.417. The zero-order valence-electron chi connectivity index (χ0n) is 17.1. The Morgan fingerprint density at radius 2 is 1.14 bits per heavy atom. The van der Waals surface area contributed by atoms with Gasteiger partial charge in [-0.15, -0.1) is 0 Å². The molecule has 0 saturated heterocycles. The zero-order chi connectivity index (χ0) is 21.1. The highest BCUT2D eigenvalue weighted by Crippen LogP contribution is 2.29. The largest absolute Gasteiger partial charge is 0.481 e. The van der Waals surface area contributed by atoms with Crippen LogP contribution in [0.1, 0.15) is 63.5 Å². The molecule has 0 saturated carbocycles. The standard InChI is InChI=1S/C12H15ClO.C12H16O2/c2*1-3-9(2)11(12(13)14)10-7-5-4-6-8-10/h4-9,11H,3H2,1-2H3;4-9,11H,3H2,1-2H3,(H,13,14). The first-order valence-electron chi connectivity index (χ1n) is 9.85. The van der Waals surface area contributed by atoms with E-state index in [-0.39, 0.29) is 23.0 Å². The molecule has 1 N–H and O–H groups in total. The number of hydrogen-bond acceptors (Lipinski definition) is 2. The third-order valence-electron chi connectivity index (χ3n) is 5.25. The van der Waals surface area contributed by atoms with Crippen molar-refractivity contribution in [2.24, 2.45) is 11.8 Å². The van der Waals surface area contributed by atoms with Gasteiger partial charge in [0.2, 0.25) is 5.24 Å². The molecule has 4 unspecified atom stereocenters. The van der Waals surface area contributed by atoms with Crippen LogP contribution in [0.3, 0.4) is 0 Å². The van der Waals surface area contributed by atoms with E-state index in [4.69, 9.17) is 16.7 Å². The van der Waals surface area contributed by atoms with Crippen LogP contribution in [0.4, 0.5) is 0 Å². The summed E-state index contributed by atoms with van der Waals surface area (Å²) in [6.45, 7) is 8.12. The Morgan fingerprint density at radius 1 is 0.786 bits per heavy atom. The number of rotatable bonds is 8. The Labute approximate surface area is 173 Å². The lowest BCUT2D eigenvalue weighted by atomic mass is 9.86. The molecule has 0 aliphatic rings. The summed E-state index contributed by atoms with van der Waals surface area (Å²) in [5.41, 5.74) is 1.91. The summed E-state index contributed by atoms with van der Waals surface area (Å²) < 4.78 is 0. The van der Waals surface area contributed by atoms with Gasteiger partial charge < -0.3 is 5.11 Å². The van der Waals surface area contributed by atoms with E-state index in [0.717, 1.165) is 24.0 Å². The van der Waals surface area contributed by atoms with Crippen LogP contribution in [-0.4, -0.2) is 16.3 Å². The second kappa shape index (κ2) is 12.4. The first-order chi connectivity index (χ1) is 13.3. The summed E-state index contributed by atoms with van der Waals surface area (Å²) in [5, 5.41) is 8.87. The minimum absolute atomic E-state index is 0.164. The number of carbonyl (C=O) groups is 2. The maximum atomic E-state index is 11.3. The number of carboxylic acids is 1. The van der Waals surface area contributed by atoms with E-state index in [1.54, 1.807) is 0 Å². The van der Waals surface area contributed by atoms with Crippen molar-refractivity contribution in [3.05, 3.63) is 71.8 Å². The summed E-state index contributed by atoms with van der Waals surface area (Å²) in [6, 6.07) is 19.1. The van der Waals surface area contributed by atoms with Crippen LogP contribution in [0.15, 0.2) is 60.7 Å². The molecule has 0 aromatic heterocycles. The van der Waals surface area contributed by atoms with Gasteiger partial charge in [0.1, 0.15) is 0 Å². The highest BCUT2D eigenvalue weighted by atomic mass is 35.5. The SMILES string of the molecule is CCC(C)C(C(=O)Cl)c1ccccc1.CCC(C)C(C(=O)O)c1ccccc1. The summed E-state index contributed by atoms with van der Waals surface area (Å²) in [5.74, 6) is -0.799. The molecule has 0 fully saturated rings. The Morgan fingerprint density at radius 3 is 1.46 bits per heavy atom. The van der Waals surface area contributed by atoms with Crippen LogP contribution in [0.2, 0.25) is 0 Å². The molecule has 0 radical (unpaired) electrons. The number of benzene rings is 2. The van der Waals surface area contributed by atoms with Crippen LogP contribution in [0, 0.1) is 11.8 Å². The lowest BCUT2D eigenvalue weighted by Crippen LogP contribution is -2.18. The second-order valence-corrected chi connectivity index (χ2v) is 7.56. The fourth-order valence-electron chi connectivity index (χ4n) is 3.19. The highest BCUT2D eigenvalue weighted by molar-refractivity contribution is 6.64. The quantitative estimate of drug-likeness (QED) is 0.514. The van der Waals surface area contributed by atoms with Gasteiger partial charge in [-0.25, -0.2) is 0 Å². The molecule has 152 valence electrons. The van der Waals surface area contributed by atoms with E-state index in [2.05, 4.69) is 13.8 Å². The normalized spacial score (nSPS) is 14.8. The molecular formula is C24H31ClO3. The third-order valence-corrected chi connectivity index (χ3v) is 5.49. The molecule has 4 heteroatoms. The van der Waals surface area contributed by atoms with Crippen molar-refractivity contribution in [1.29, 1.82) is 0 Å². The summed E-state index contributed by atoms with van der Waals surface area (Å²) in [6.07, 6.45) is 1.84. The smallest absolute Gasteiger partial charge is 0.311 e. The average Bonchev–Trinajstić information content (AvgIpc) is 2.69. The van der Waals surface area contributed by atoms with Gasteiger partial charge in [-0.3, -0.25) is 9.59 Å². The maximum Gasteiger partial charge on any atom is 0.311 e. The Balaban J connectivity index is 0.000000280. The molecule has 0 spiro atoms. The van der Waals surface area contributed by atoms with Crippen molar-refractivity contribution in [1.82, 2.24) is 0 Å². The Bertz CT molecular complexity index is 652. The van der Waals surface area contributed by atoms with Gasteiger partial charge in [0.05, 0.1) is 11.8 Å². The summed E-state index contributed by atoms with van der Waals surface area (Å²) in [4.78, 5) is 22.4. The highest BCUT2D eigenvalue weighted by Gasteiger charge is 2.25.